The van der Waals surface area contributed by atoms with Crippen LogP contribution >= 0.6 is 0 Å². The molecule has 1 aromatic rings. The number of anilines is 1. The molecule has 1 fully saturated rings. The van der Waals surface area contributed by atoms with Gasteiger partial charge in [0.05, 0.1) is 11.8 Å². The Labute approximate surface area is 108 Å². The summed E-state index contributed by atoms with van der Waals surface area (Å²) in [7, 11) is 0. The predicted molar refractivity (Wildman–Crippen MR) is 70.3 cm³/mol. The smallest absolute Gasteiger partial charge is 0.169 e. The summed E-state index contributed by atoms with van der Waals surface area (Å²) >= 11 is 0. The highest BCUT2D eigenvalue weighted by Gasteiger charge is 2.27. The Morgan fingerprint density at radius 2 is 1.89 bits per heavy atom. The van der Waals surface area contributed by atoms with E-state index in [1.807, 2.05) is 0 Å². The number of hydrogen-bond acceptors (Lipinski definition) is 5. The molecule has 5 nitrogen and oxygen atoms in total. The van der Waals surface area contributed by atoms with Gasteiger partial charge in [0.25, 0.3) is 0 Å². The van der Waals surface area contributed by atoms with Crippen molar-refractivity contribution in [3.8, 4) is 6.07 Å². The zero-order valence-corrected chi connectivity index (χ0v) is 11.2. The fraction of sp³-hybridized carbons (Fsp3) is 0.615. The SMILES string of the molecule is CC(C)(C)N1CCN(c2nnccc2C#N)CC1. The summed E-state index contributed by atoms with van der Waals surface area (Å²) in [6, 6.07) is 3.90. The van der Waals surface area contributed by atoms with E-state index in [1.54, 1.807) is 12.3 Å². The van der Waals surface area contributed by atoms with Crippen molar-refractivity contribution in [1.29, 1.82) is 5.26 Å². The maximum Gasteiger partial charge on any atom is 0.169 e. The quantitative estimate of drug-likeness (QED) is 0.745. The molecule has 0 spiro atoms. The Bertz CT molecular complexity index is 449. The van der Waals surface area contributed by atoms with Crippen molar-refractivity contribution in [2.45, 2.75) is 26.3 Å². The monoisotopic (exact) mass is 245 g/mol. The topological polar surface area (TPSA) is 56.1 Å². The molecule has 2 heterocycles. The summed E-state index contributed by atoms with van der Waals surface area (Å²) in [5.41, 5.74) is 0.807. The Morgan fingerprint density at radius 3 is 2.44 bits per heavy atom. The minimum absolute atomic E-state index is 0.201. The van der Waals surface area contributed by atoms with Gasteiger partial charge in [0, 0.05) is 31.7 Å². The van der Waals surface area contributed by atoms with Crippen LogP contribution in [0.3, 0.4) is 0 Å². The average molecular weight is 245 g/mol. The maximum absolute atomic E-state index is 9.08. The molecule has 18 heavy (non-hydrogen) atoms. The summed E-state index contributed by atoms with van der Waals surface area (Å²) in [5.74, 6) is 0.716. The molecule has 5 heteroatoms. The molecule has 0 unspecified atom stereocenters. The molecule has 0 aliphatic carbocycles. The van der Waals surface area contributed by atoms with E-state index >= 15 is 0 Å². The molecule has 0 radical (unpaired) electrons. The largest absolute Gasteiger partial charge is 0.351 e. The first-order valence-corrected chi connectivity index (χ1v) is 6.24. The zero-order chi connectivity index (χ0) is 13.2. The molecule has 1 aliphatic heterocycles. The molecule has 0 bridgehead atoms. The summed E-state index contributed by atoms with van der Waals surface area (Å²) in [6.07, 6.45) is 1.56. The summed E-state index contributed by atoms with van der Waals surface area (Å²) in [6.45, 7) is 10.5. The van der Waals surface area contributed by atoms with Crippen molar-refractivity contribution in [2.24, 2.45) is 0 Å². The molecule has 0 aromatic carbocycles. The van der Waals surface area contributed by atoms with Gasteiger partial charge >= 0.3 is 0 Å². The first kappa shape index (κ1) is 12.8. The number of rotatable bonds is 1. The number of nitrogens with zero attached hydrogens (tertiary/aromatic N) is 5. The second kappa shape index (κ2) is 4.91. The van der Waals surface area contributed by atoms with Gasteiger partial charge in [-0.15, -0.1) is 5.10 Å². The normalized spacial score (nSPS) is 17.6. The van der Waals surface area contributed by atoms with Crippen molar-refractivity contribution < 1.29 is 0 Å². The van der Waals surface area contributed by atoms with Gasteiger partial charge in [0.1, 0.15) is 6.07 Å². The molecule has 0 atom stereocenters. The lowest BCUT2D eigenvalue weighted by atomic mass is 10.0. The van der Waals surface area contributed by atoms with E-state index in [0.29, 0.717) is 11.4 Å². The van der Waals surface area contributed by atoms with Crippen LogP contribution in [-0.4, -0.2) is 46.8 Å². The van der Waals surface area contributed by atoms with Crippen LogP contribution in [0.4, 0.5) is 5.82 Å². The van der Waals surface area contributed by atoms with Crippen LogP contribution in [0.25, 0.3) is 0 Å². The van der Waals surface area contributed by atoms with Crippen LogP contribution in [0.1, 0.15) is 26.3 Å². The van der Waals surface area contributed by atoms with Crippen LogP contribution in [0.15, 0.2) is 12.3 Å². The number of aromatic nitrogens is 2. The van der Waals surface area contributed by atoms with E-state index in [-0.39, 0.29) is 5.54 Å². The van der Waals surface area contributed by atoms with Crippen molar-refractivity contribution in [2.75, 3.05) is 31.1 Å². The van der Waals surface area contributed by atoms with E-state index in [1.165, 1.54) is 0 Å². The van der Waals surface area contributed by atoms with Gasteiger partial charge in [-0.1, -0.05) is 0 Å². The fourth-order valence-electron chi connectivity index (χ4n) is 2.23. The van der Waals surface area contributed by atoms with Crippen molar-refractivity contribution in [1.82, 2.24) is 15.1 Å². The lowest BCUT2D eigenvalue weighted by Gasteiger charge is -2.42. The fourth-order valence-corrected chi connectivity index (χ4v) is 2.23. The van der Waals surface area contributed by atoms with Crippen molar-refractivity contribution in [3.63, 3.8) is 0 Å². The summed E-state index contributed by atoms with van der Waals surface area (Å²) in [4.78, 5) is 4.60. The van der Waals surface area contributed by atoms with Crippen LogP contribution in [0.2, 0.25) is 0 Å². The summed E-state index contributed by atoms with van der Waals surface area (Å²) in [5, 5.41) is 17.1. The van der Waals surface area contributed by atoms with E-state index in [0.717, 1.165) is 26.2 Å². The first-order valence-electron chi connectivity index (χ1n) is 6.24. The van der Waals surface area contributed by atoms with Gasteiger partial charge in [-0.2, -0.15) is 10.4 Å². The lowest BCUT2D eigenvalue weighted by Crippen LogP contribution is -2.53. The van der Waals surface area contributed by atoms with Gasteiger partial charge in [-0.25, -0.2) is 0 Å². The van der Waals surface area contributed by atoms with Gasteiger partial charge in [0.15, 0.2) is 5.82 Å². The van der Waals surface area contributed by atoms with Crippen LogP contribution in [0, 0.1) is 11.3 Å². The highest BCUT2D eigenvalue weighted by Crippen LogP contribution is 2.20. The number of nitriles is 1. The third kappa shape index (κ3) is 2.59. The number of hydrogen-bond donors (Lipinski definition) is 0. The molecular weight excluding hydrogens is 226 g/mol. The van der Waals surface area contributed by atoms with Crippen molar-refractivity contribution in [3.05, 3.63) is 17.8 Å². The van der Waals surface area contributed by atoms with Crippen LogP contribution < -0.4 is 4.90 Å². The Balaban J connectivity index is 2.09. The Hall–Kier alpha value is -1.67. The minimum atomic E-state index is 0.201. The molecule has 2 rings (SSSR count). The van der Waals surface area contributed by atoms with Gasteiger partial charge in [-0.05, 0) is 26.8 Å². The van der Waals surface area contributed by atoms with Crippen LogP contribution in [0.5, 0.6) is 0 Å². The second-order valence-electron chi connectivity index (χ2n) is 5.53. The molecule has 96 valence electrons. The Morgan fingerprint density at radius 1 is 1.22 bits per heavy atom. The molecule has 1 aliphatic rings. The second-order valence-corrected chi connectivity index (χ2v) is 5.53. The minimum Gasteiger partial charge on any atom is -0.351 e. The average Bonchev–Trinajstić information content (AvgIpc) is 2.38. The highest BCUT2D eigenvalue weighted by atomic mass is 15.3. The Kier molecular flexibility index (Phi) is 3.48. The van der Waals surface area contributed by atoms with Gasteiger partial charge in [-0.3, -0.25) is 4.90 Å². The molecule has 0 N–H and O–H groups in total. The summed E-state index contributed by atoms with van der Waals surface area (Å²) < 4.78 is 0. The van der Waals surface area contributed by atoms with Gasteiger partial charge in [0.2, 0.25) is 0 Å². The molecular formula is C13H19N5. The lowest BCUT2D eigenvalue weighted by molar-refractivity contribution is 0.128. The van der Waals surface area contributed by atoms with E-state index in [4.69, 9.17) is 5.26 Å². The third-order valence-electron chi connectivity index (χ3n) is 3.35. The predicted octanol–water partition coefficient (Wildman–Crippen LogP) is 1.27. The first-order chi connectivity index (χ1) is 8.52. The maximum atomic E-state index is 9.08. The number of piperazine rings is 1. The van der Waals surface area contributed by atoms with E-state index in [9.17, 15) is 0 Å². The third-order valence-corrected chi connectivity index (χ3v) is 3.35. The molecule has 0 saturated carbocycles. The highest BCUT2D eigenvalue weighted by molar-refractivity contribution is 5.52. The molecule has 1 saturated heterocycles. The van der Waals surface area contributed by atoms with E-state index in [2.05, 4.69) is 46.8 Å². The van der Waals surface area contributed by atoms with Crippen molar-refractivity contribution >= 4 is 5.82 Å². The molecule has 1 aromatic heterocycles. The van der Waals surface area contributed by atoms with Gasteiger partial charge < -0.3 is 4.90 Å². The molecule has 0 amide bonds. The van der Waals surface area contributed by atoms with Crippen LogP contribution in [-0.2, 0) is 0 Å². The standard InChI is InChI=1S/C13H19N5/c1-13(2,3)18-8-6-17(7-9-18)12-11(10-14)4-5-15-16-12/h4-5H,6-9H2,1-3H3. The van der Waals surface area contributed by atoms with E-state index < -0.39 is 0 Å². The zero-order valence-electron chi connectivity index (χ0n) is 11.2.